The molecule has 138 valence electrons. The molecule has 1 unspecified atom stereocenters. The summed E-state index contributed by atoms with van der Waals surface area (Å²) in [4.78, 5) is 12.7. The van der Waals surface area contributed by atoms with Crippen molar-refractivity contribution in [3.8, 4) is 0 Å². The van der Waals surface area contributed by atoms with Crippen LogP contribution in [0.15, 0.2) is 65.6 Å². The van der Waals surface area contributed by atoms with E-state index in [9.17, 15) is 13.2 Å². The Kier molecular flexibility index (Phi) is 5.74. The van der Waals surface area contributed by atoms with E-state index in [-0.39, 0.29) is 18.0 Å². The highest BCUT2D eigenvalue weighted by atomic mass is 32.2. The van der Waals surface area contributed by atoms with E-state index in [1.807, 2.05) is 37.3 Å². The Morgan fingerprint density at radius 1 is 1.00 bits per heavy atom. The van der Waals surface area contributed by atoms with Crippen molar-refractivity contribution < 1.29 is 17.9 Å². The minimum Gasteiger partial charge on any atom is -0.458 e. The summed E-state index contributed by atoms with van der Waals surface area (Å²) in [5.74, 6) is -0.513. The number of rotatable bonds is 5. The van der Waals surface area contributed by atoms with Crippen LogP contribution in [-0.4, -0.2) is 31.8 Å². The first kappa shape index (κ1) is 18.6. The van der Waals surface area contributed by atoms with Crippen LogP contribution in [0.3, 0.4) is 0 Å². The molecule has 0 spiro atoms. The number of ether oxygens (including phenoxy) is 1. The van der Waals surface area contributed by atoms with Gasteiger partial charge in [0.25, 0.3) is 0 Å². The maximum atomic E-state index is 12.6. The van der Waals surface area contributed by atoms with E-state index in [1.54, 1.807) is 30.3 Å². The maximum Gasteiger partial charge on any atom is 0.309 e. The normalized spacial score (nSPS) is 17.6. The smallest absolute Gasteiger partial charge is 0.309 e. The van der Waals surface area contributed by atoms with E-state index < -0.39 is 10.0 Å². The topological polar surface area (TPSA) is 63.7 Å². The molecule has 26 heavy (non-hydrogen) atoms. The van der Waals surface area contributed by atoms with Crippen molar-refractivity contribution in [3.63, 3.8) is 0 Å². The fourth-order valence-corrected chi connectivity index (χ4v) is 4.63. The molecule has 1 fully saturated rings. The molecule has 0 amide bonds. The standard InChI is InChI=1S/C20H23NO4S/c1-16(17-8-4-2-5-9-17)25-20(22)18-12-14-21(15-13-18)26(23,24)19-10-6-3-7-11-19/h2-11,16,18H,12-15H2,1H3. The first-order valence-corrected chi connectivity index (χ1v) is 10.2. The Balaban J connectivity index is 1.57. The number of hydrogen-bond acceptors (Lipinski definition) is 4. The van der Waals surface area contributed by atoms with Crippen LogP contribution in [0.1, 0.15) is 31.4 Å². The minimum atomic E-state index is -3.50. The van der Waals surface area contributed by atoms with Gasteiger partial charge in [-0.05, 0) is 37.5 Å². The molecule has 2 aromatic rings. The van der Waals surface area contributed by atoms with Gasteiger partial charge in [-0.3, -0.25) is 4.79 Å². The first-order chi connectivity index (χ1) is 12.5. The van der Waals surface area contributed by atoms with Crippen LogP contribution in [0, 0.1) is 5.92 Å². The number of carbonyl (C=O) groups is 1. The predicted molar refractivity (Wildman–Crippen MR) is 98.9 cm³/mol. The van der Waals surface area contributed by atoms with Crippen LogP contribution in [0.2, 0.25) is 0 Å². The summed E-state index contributed by atoms with van der Waals surface area (Å²) in [6, 6.07) is 18.0. The molecule has 0 aliphatic carbocycles. The van der Waals surface area contributed by atoms with Gasteiger partial charge in [0.1, 0.15) is 6.10 Å². The highest BCUT2D eigenvalue weighted by molar-refractivity contribution is 7.89. The van der Waals surface area contributed by atoms with E-state index in [0.29, 0.717) is 30.8 Å². The third-order valence-electron chi connectivity index (χ3n) is 4.73. The number of carbonyl (C=O) groups excluding carboxylic acids is 1. The monoisotopic (exact) mass is 373 g/mol. The Hall–Kier alpha value is -2.18. The van der Waals surface area contributed by atoms with E-state index >= 15 is 0 Å². The number of esters is 1. The summed E-state index contributed by atoms with van der Waals surface area (Å²) in [7, 11) is -3.50. The van der Waals surface area contributed by atoms with Gasteiger partial charge >= 0.3 is 5.97 Å². The molecule has 0 bridgehead atoms. The van der Waals surface area contributed by atoms with Crippen molar-refractivity contribution in [2.24, 2.45) is 5.92 Å². The fourth-order valence-electron chi connectivity index (χ4n) is 3.14. The molecular weight excluding hydrogens is 350 g/mol. The summed E-state index contributed by atoms with van der Waals surface area (Å²) in [6.07, 6.45) is 0.647. The molecule has 1 aliphatic heterocycles. The number of benzene rings is 2. The Labute approximate surface area is 154 Å². The van der Waals surface area contributed by atoms with Crippen LogP contribution >= 0.6 is 0 Å². The SMILES string of the molecule is CC(OC(=O)C1CCN(S(=O)(=O)c2ccccc2)CC1)c1ccccc1. The van der Waals surface area contributed by atoms with Crippen molar-refractivity contribution in [3.05, 3.63) is 66.2 Å². The zero-order valence-corrected chi connectivity index (χ0v) is 15.6. The summed E-state index contributed by atoms with van der Waals surface area (Å²) >= 11 is 0. The molecule has 1 saturated heterocycles. The van der Waals surface area contributed by atoms with Crippen molar-refractivity contribution in [1.29, 1.82) is 0 Å². The lowest BCUT2D eigenvalue weighted by Crippen LogP contribution is -2.40. The molecule has 0 saturated carbocycles. The summed E-state index contributed by atoms with van der Waals surface area (Å²) in [5.41, 5.74) is 0.949. The number of sulfonamides is 1. The average Bonchev–Trinajstić information content (AvgIpc) is 2.69. The van der Waals surface area contributed by atoms with Gasteiger partial charge in [-0.1, -0.05) is 48.5 Å². The lowest BCUT2D eigenvalue weighted by molar-refractivity contribution is -0.155. The van der Waals surface area contributed by atoms with Crippen LogP contribution in [0.4, 0.5) is 0 Å². The minimum absolute atomic E-state index is 0.252. The van der Waals surface area contributed by atoms with Gasteiger partial charge in [-0.15, -0.1) is 0 Å². The number of piperidine rings is 1. The van der Waals surface area contributed by atoms with Crippen molar-refractivity contribution in [2.45, 2.75) is 30.8 Å². The molecule has 3 rings (SSSR count). The predicted octanol–water partition coefficient (Wildman–Crippen LogP) is 3.39. The molecule has 2 aromatic carbocycles. The van der Waals surface area contributed by atoms with Crippen LogP contribution in [0.5, 0.6) is 0 Å². The lowest BCUT2D eigenvalue weighted by atomic mass is 9.98. The zero-order valence-electron chi connectivity index (χ0n) is 14.7. The third kappa shape index (κ3) is 4.14. The molecular formula is C20H23NO4S. The lowest BCUT2D eigenvalue weighted by Gasteiger charge is -2.30. The van der Waals surface area contributed by atoms with Gasteiger partial charge < -0.3 is 4.74 Å². The second-order valence-corrected chi connectivity index (χ2v) is 8.42. The van der Waals surface area contributed by atoms with E-state index in [1.165, 1.54) is 4.31 Å². The molecule has 0 N–H and O–H groups in total. The molecule has 6 heteroatoms. The second kappa shape index (κ2) is 8.01. The summed E-state index contributed by atoms with van der Waals surface area (Å²) in [5, 5.41) is 0. The van der Waals surface area contributed by atoms with Crippen LogP contribution in [-0.2, 0) is 19.6 Å². The number of nitrogens with zero attached hydrogens (tertiary/aromatic N) is 1. The van der Waals surface area contributed by atoms with Gasteiger partial charge in [0.15, 0.2) is 0 Å². The molecule has 0 radical (unpaired) electrons. The van der Waals surface area contributed by atoms with Crippen LogP contribution in [0.25, 0.3) is 0 Å². The maximum absolute atomic E-state index is 12.6. The van der Waals surface area contributed by atoms with E-state index in [4.69, 9.17) is 4.74 Å². The number of hydrogen-bond donors (Lipinski definition) is 0. The van der Waals surface area contributed by atoms with Crippen molar-refractivity contribution in [1.82, 2.24) is 4.31 Å². The van der Waals surface area contributed by atoms with E-state index in [0.717, 1.165) is 5.56 Å². The third-order valence-corrected chi connectivity index (χ3v) is 6.64. The largest absolute Gasteiger partial charge is 0.458 e. The van der Waals surface area contributed by atoms with Gasteiger partial charge in [-0.25, -0.2) is 8.42 Å². The van der Waals surface area contributed by atoms with Gasteiger partial charge in [-0.2, -0.15) is 4.31 Å². The molecule has 1 heterocycles. The Morgan fingerprint density at radius 2 is 1.54 bits per heavy atom. The summed E-state index contributed by atoms with van der Waals surface area (Å²) < 4.78 is 32.3. The van der Waals surface area contributed by atoms with Gasteiger partial charge in [0.05, 0.1) is 10.8 Å². The van der Waals surface area contributed by atoms with Crippen molar-refractivity contribution in [2.75, 3.05) is 13.1 Å². The fraction of sp³-hybridized carbons (Fsp3) is 0.350. The van der Waals surface area contributed by atoms with Crippen LogP contribution < -0.4 is 0 Å². The van der Waals surface area contributed by atoms with Gasteiger partial charge in [0.2, 0.25) is 10.0 Å². The van der Waals surface area contributed by atoms with Crippen molar-refractivity contribution >= 4 is 16.0 Å². The average molecular weight is 373 g/mol. The van der Waals surface area contributed by atoms with E-state index in [2.05, 4.69) is 0 Å². The highest BCUT2D eigenvalue weighted by Gasteiger charge is 2.33. The first-order valence-electron chi connectivity index (χ1n) is 8.79. The molecule has 1 aliphatic rings. The summed E-state index contributed by atoms with van der Waals surface area (Å²) in [6.45, 7) is 2.51. The molecule has 0 aromatic heterocycles. The Morgan fingerprint density at radius 3 is 2.12 bits per heavy atom. The highest BCUT2D eigenvalue weighted by Crippen LogP contribution is 2.26. The van der Waals surface area contributed by atoms with Gasteiger partial charge in [0, 0.05) is 13.1 Å². The quantitative estimate of drug-likeness (QED) is 0.754. The molecule has 1 atom stereocenters. The molecule has 5 nitrogen and oxygen atoms in total. The second-order valence-electron chi connectivity index (χ2n) is 6.48. The Bertz CT molecular complexity index is 829. The zero-order chi connectivity index (χ0) is 18.6.